The fourth-order valence-electron chi connectivity index (χ4n) is 1.03. The van der Waals surface area contributed by atoms with Gasteiger partial charge in [0.1, 0.15) is 5.52 Å². The smallest absolute Gasteiger partial charge is 0.233 e. The van der Waals surface area contributed by atoms with E-state index in [0.717, 1.165) is 11.0 Å². The molecule has 0 radical (unpaired) electrons. The Bertz CT molecular complexity index is 490. The maximum atomic E-state index is 5.13. The average molecular weight is 185 g/mol. The summed E-state index contributed by atoms with van der Waals surface area (Å²) in [4.78, 5) is 12.2. The number of fused-ring (bicyclic) bond motifs is 1. The van der Waals surface area contributed by atoms with Crippen LogP contribution in [0.3, 0.4) is 0 Å². The van der Waals surface area contributed by atoms with Gasteiger partial charge in [-0.15, -0.1) is 6.42 Å². The molecule has 0 atom stereocenters. The van der Waals surface area contributed by atoms with Gasteiger partial charge in [-0.05, 0) is 6.07 Å². The van der Waals surface area contributed by atoms with Gasteiger partial charge < -0.3 is 4.74 Å². The Morgan fingerprint density at radius 3 is 3.14 bits per heavy atom. The molecule has 0 spiro atoms. The summed E-state index contributed by atoms with van der Waals surface area (Å²) in [5.41, 5.74) is 1.48. The van der Waals surface area contributed by atoms with E-state index in [2.05, 4.69) is 20.9 Å². The summed E-state index contributed by atoms with van der Waals surface area (Å²) in [6, 6.07) is 1.77. The summed E-state index contributed by atoms with van der Waals surface area (Å²) in [6.07, 6.45) is 9.89. The molecule has 0 N–H and O–H groups in total. The first-order valence-electron chi connectivity index (χ1n) is 4.03. The Labute approximate surface area is 81.0 Å². The van der Waals surface area contributed by atoms with Crippen LogP contribution in [0.5, 0.6) is 5.88 Å². The van der Waals surface area contributed by atoms with Gasteiger partial charge in [-0.2, -0.15) is 0 Å². The van der Waals surface area contributed by atoms with Crippen LogP contribution in [0.2, 0.25) is 0 Å². The molecule has 0 saturated carbocycles. The van der Waals surface area contributed by atoms with E-state index >= 15 is 0 Å². The number of terminal acetylenes is 1. The van der Waals surface area contributed by atoms with E-state index in [0.29, 0.717) is 5.88 Å². The maximum absolute atomic E-state index is 5.13. The highest BCUT2D eigenvalue weighted by atomic mass is 16.5. The number of nitrogens with zero attached hydrogens (tertiary/aromatic N) is 3. The third-order valence-corrected chi connectivity index (χ3v) is 1.63. The third kappa shape index (κ3) is 1.62. The van der Waals surface area contributed by atoms with Gasteiger partial charge in [0, 0.05) is 6.20 Å². The lowest BCUT2D eigenvalue weighted by molar-refractivity contribution is 0.355. The number of pyridine rings is 1. The number of aromatic nitrogens is 3. The van der Waals surface area contributed by atoms with Crippen molar-refractivity contribution in [2.75, 3.05) is 6.61 Å². The summed E-state index contributed by atoms with van der Waals surface area (Å²) in [5, 5.41) is 0. The summed E-state index contributed by atoms with van der Waals surface area (Å²) < 4.78 is 5.13. The van der Waals surface area contributed by atoms with Gasteiger partial charge in [-0.3, -0.25) is 4.98 Å². The quantitative estimate of drug-likeness (QED) is 0.656. The molecule has 2 aromatic heterocycles. The van der Waals surface area contributed by atoms with Crippen LogP contribution < -0.4 is 4.74 Å². The van der Waals surface area contributed by atoms with E-state index in [-0.39, 0.29) is 6.61 Å². The lowest BCUT2D eigenvalue weighted by Crippen LogP contribution is -1.97. The number of ether oxygens (including phenoxy) is 1. The van der Waals surface area contributed by atoms with Gasteiger partial charge >= 0.3 is 0 Å². The fraction of sp³-hybridized carbons (Fsp3) is 0.100. The Balaban J connectivity index is 2.37. The molecule has 68 valence electrons. The molecule has 2 rings (SSSR count). The first-order chi connectivity index (χ1) is 6.90. The Kier molecular flexibility index (Phi) is 2.24. The van der Waals surface area contributed by atoms with Crippen molar-refractivity contribution in [3.8, 4) is 18.2 Å². The fourth-order valence-corrected chi connectivity index (χ4v) is 1.03. The number of hydrogen-bond acceptors (Lipinski definition) is 4. The zero-order valence-electron chi connectivity index (χ0n) is 7.34. The van der Waals surface area contributed by atoms with Crippen LogP contribution in [-0.4, -0.2) is 21.6 Å². The van der Waals surface area contributed by atoms with Crippen LogP contribution in [0.1, 0.15) is 0 Å². The van der Waals surface area contributed by atoms with E-state index in [1.54, 1.807) is 18.5 Å². The van der Waals surface area contributed by atoms with E-state index in [4.69, 9.17) is 11.2 Å². The van der Waals surface area contributed by atoms with Crippen LogP contribution in [0, 0.1) is 12.3 Å². The van der Waals surface area contributed by atoms with Crippen molar-refractivity contribution in [2.24, 2.45) is 0 Å². The Hall–Kier alpha value is -2.15. The van der Waals surface area contributed by atoms with Crippen molar-refractivity contribution in [3.63, 3.8) is 0 Å². The highest BCUT2D eigenvalue weighted by Crippen LogP contribution is 2.11. The summed E-state index contributed by atoms with van der Waals surface area (Å²) in [7, 11) is 0. The maximum Gasteiger partial charge on any atom is 0.233 e. The molecule has 0 bridgehead atoms. The van der Waals surface area contributed by atoms with Gasteiger partial charge in [0.05, 0.1) is 17.9 Å². The van der Waals surface area contributed by atoms with Crippen molar-refractivity contribution < 1.29 is 4.74 Å². The monoisotopic (exact) mass is 185 g/mol. The normalized spacial score (nSPS) is 9.64. The van der Waals surface area contributed by atoms with Gasteiger partial charge in [0.15, 0.2) is 6.61 Å². The average Bonchev–Trinajstić information content (AvgIpc) is 2.26. The minimum absolute atomic E-state index is 0.200. The topological polar surface area (TPSA) is 47.9 Å². The molecule has 0 aliphatic rings. The van der Waals surface area contributed by atoms with Gasteiger partial charge in [-0.25, -0.2) is 9.97 Å². The zero-order chi connectivity index (χ0) is 9.80. The summed E-state index contributed by atoms with van der Waals surface area (Å²) in [5.74, 6) is 2.79. The molecule has 0 amide bonds. The van der Waals surface area contributed by atoms with E-state index in [9.17, 15) is 0 Å². The second-order valence-corrected chi connectivity index (χ2v) is 2.57. The molecule has 0 saturated heterocycles. The van der Waals surface area contributed by atoms with E-state index in [1.807, 2.05) is 0 Å². The SMILES string of the molecule is C#CCOc1cnc2cnccc2n1. The van der Waals surface area contributed by atoms with Crippen molar-refractivity contribution in [2.45, 2.75) is 0 Å². The second kappa shape index (κ2) is 3.71. The summed E-state index contributed by atoms with van der Waals surface area (Å²) in [6.45, 7) is 0.200. The predicted molar refractivity (Wildman–Crippen MR) is 51.7 cm³/mol. The largest absolute Gasteiger partial charge is 0.463 e. The van der Waals surface area contributed by atoms with Crippen molar-refractivity contribution in [3.05, 3.63) is 24.7 Å². The van der Waals surface area contributed by atoms with Crippen molar-refractivity contribution >= 4 is 11.0 Å². The molecule has 4 nitrogen and oxygen atoms in total. The van der Waals surface area contributed by atoms with Gasteiger partial charge in [-0.1, -0.05) is 5.92 Å². The standard InChI is InChI=1S/C10H7N3O/c1-2-5-14-10-7-12-9-6-11-4-3-8(9)13-10/h1,3-4,6-7H,5H2. The van der Waals surface area contributed by atoms with Crippen molar-refractivity contribution in [1.82, 2.24) is 15.0 Å². The van der Waals surface area contributed by atoms with E-state index < -0.39 is 0 Å². The molecule has 2 heterocycles. The molecule has 14 heavy (non-hydrogen) atoms. The third-order valence-electron chi connectivity index (χ3n) is 1.63. The van der Waals surface area contributed by atoms with Crippen LogP contribution in [0.4, 0.5) is 0 Å². The highest BCUT2D eigenvalue weighted by molar-refractivity contribution is 5.72. The lowest BCUT2D eigenvalue weighted by Gasteiger charge is -2.01. The number of rotatable bonds is 2. The van der Waals surface area contributed by atoms with Crippen LogP contribution in [-0.2, 0) is 0 Å². The highest BCUT2D eigenvalue weighted by Gasteiger charge is 1.98. The van der Waals surface area contributed by atoms with Gasteiger partial charge in [0.2, 0.25) is 5.88 Å². The molecule has 4 heteroatoms. The Morgan fingerprint density at radius 1 is 1.36 bits per heavy atom. The van der Waals surface area contributed by atoms with Crippen LogP contribution in [0.25, 0.3) is 11.0 Å². The molecular formula is C10H7N3O. The first-order valence-corrected chi connectivity index (χ1v) is 4.03. The van der Waals surface area contributed by atoms with Crippen LogP contribution >= 0.6 is 0 Å². The summed E-state index contributed by atoms with van der Waals surface area (Å²) >= 11 is 0. The van der Waals surface area contributed by atoms with Crippen molar-refractivity contribution in [1.29, 1.82) is 0 Å². The lowest BCUT2D eigenvalue weighted by atomic mass is 10.4. The molecular weight excluding hydrogens is 178 g/mol. The molecule has 0 aliphatic heterocycles. The molecule has 0 aliphatic carbocycles. The van der Waals surface area contributed by atoms with Gasteiger partial charge in [0.25, 0.3) is 0 Å². The molecule has 2 aromatic rings. The van der Waals surface area contributed by atoms with E-state index in [1.165, 1.54) is 6.20 Å². The zero-order valence-corrected chi connectivity index (χ0v) is 7.34. The minimum Gasteiger partial charge on any atom is -0.463 e. The molecule has 0 fully saturated rings. The predicted octanol–water partition coefficient (Wildman–Crippen LogP) is 1.04. The molecule has 0 aromatic carbocycles. The Morgan fingerprint density at radius 2 is 2.29 bits per heavy atom. The first kappa shape index (κ1) is 8.45. The number of hydrogen-bond donors (Lipinski definition) is 0. The minimum atomic E-state index is 0.200. The van der Waals surface area contributed by atoms with Crippen LogP contribution in [0.15, 0.2) is 24.7 Å². The molecule has 0 unspecified atom stereocenters. The second-order valence-electron chi connectivity index (χ2n) is 2.57.